The molecular weight excluding hydrogens is 356 g/mol. The van der Waals surface area contributed by atoms with Crippen molar-refractivity contribution in [2.24, 2.45) is 12.1 Å². The van der Waals surface area contributed by atoms with E-state index < -0.39 is 5.56 Å². The fourth-order valence-corrected chi connectivity index (χ4v) is 3.25. The second-order valence-electron chi connectivity index (χ2n) is 6.56. The number of benzene rings is 2. The number of para-hydroxylation sites is 2. The highest BCUT2D eigenvalue weighted by Crippen LogP contribution is 2.26. The monoisotopic (exact) mass is 374 g/mol. The number of rotatable bonds is 3. The third-order valence-electron chi connectivity index (χ3n) is 4.80. The average Bonchev–Trinajstić information content (AvgIpc) is 2.69. The fourth-order valence-electron chi connectivity index (χ4n) is 3.25. The van der Waals surface area contributed by atoms with Crippen LogP contribution in [0.25, 0.3) is 21.8 Å². The van der Waals surface area contributed by atoms with Crippen LogP contribution in [0, 0.1) is 6.92 Å². The smallest absolute Gasteiger partial charge is 0.261 e. The van der Waals surface area contributed by atoms with Gasteiger partial charge in [0.2, 0.25) is 0 Å². The van der Waals surface area contributed by atoms with Crippen LogP contribution in [0.4, 0.5) is 5.69 Å². The predicted octanol–water partition coefficient (Wildman–Crippen LogP) is 2.84. The maximum absolute atomic E-state index is 12.4. The van der Waals surface area contributed by atoms with Crippen molar-refractivity contribution in [1.29, 1.82) is 0 Å². The predicted molar refractivity (Wildman–Crippen MR) is 111 cm³/mol. The van der Waals surface area contributed by atoms with Gasteiger partial charge in [-0.25, -0.2) is 0 Å². The first-order valence-electron chi connectivity index (χ1n) is 8.70. The molecule has 2 aromatic heterocycles. The van der Waals surface area contributed by atoms with Crippen LogP contribution < -0.4 is 16.5 Å². The number of nitrogens with one attached hydrogen (secondary N) is 2. The second kappa shape index (κ2) is 6.70. The van der Waals surface area contributed by atoms with Crippen LogP contribution in [0.15, 0.2) is 63.2 Å². The third-order valence-corrected chi connectivity index (χ3v) is 4.80. The summed E-state index contributed by atoms with van der Waals surface area (Å²) in [7, 11) is 1.70. The zero-order valence-electron chi connectivity index (χ0n) is 15.4. The van der Waals surface area contributed by atoms with Crippen molar-refractivity contribution < 1.29 is 5.11 Å². The summed E-state index contributed by atoms with van der Waals surface area (Å²) in [6, 6.07) is 14.3. The number of hydrogen-bond donors (Lipinski definition) is 3. The molecule has 28 heavy (non-hydrogen) atoms. The van der Waals surface area contributed by atoms with Crippen molar-refractivity contribution in [3.63, 3.8) is 0 Å². The summed E-state index contributed by atoms with van der Waals surface area (Å²) < 4.78 is 1.55. The summed E-state index contributed by atoms with van der Waals surface area (Å²) in [5, 5.41) is 15.9. The minimum atomic E-state index is -0.446. The van der Waals surface area contributed by atoms with E-state index in [1.807, 2.05) is 37.3 Å². The number of aromatic hydroxyl groups is 1. The molecule has 0 fully saturated rings. The molecule has 7 heteroatoms. The molecule has 0 bridgehead atoms. The number of hydrazone groups is 1. The first-order chi connectivity index (χ1) is 13.5. The molecule has 2 heterocycles. The molecule has 0 aliphatic carbocycles. The molecule has 2 aromatic carbocycles. The molecule has 0 saturated carbocycles. The van der Waals surface area contributed by atoms with Crippen molar-refractivity contribution >= 4 is 33.7 Å². The van der Waals surface area contributed by atoms with E-state index in [1.165, 1.54) is 12.3 Å². The standard InChI is InChI=1S/C21H18N4O3/c1-12-6-5-8-14-19(12)23-21(28)15(20(14)27)11-22-24-16-10-18(26)25(2)17-9-4-3-7-13(16)17/h3-11,24H,1-2H3,(H2,23,27,28)/b22-11+. The Morgan fingerprint density at radius 3 is 2.68 bits per heavy atom. The molecule has 0 atom stereocenters. The van der Waals surface area contributed by atoms with Crippen molar-refractivity contribution in [2.75, 3.05) is 5.43 Å². The van der Waals surface area contributed by atoms with E-state index in [1.54, 1.807) is 23.7 Å². The Labute approximate surface area is 159 Å². The quantitative estimate of drug-likeness (QED) is 0.379. The van der Waals surface area contributed by atoms with Crippen molar-refractivity contribution in [1.82, 2.24) is 9.55 Å². The average molecular weight is 374 g/mol. The molecule has 7 nitrogen and oxygen atoms in total. The summed E-state index contributed by atoms with van der Waals surface area (Å²) in [5.41, 5.74) is 4.95. The van der Waals surface area contributed by atoms with Crippen LogP contribution in [-0.4, -0.2) is 20.9 Å². The number of aryl methyl sites for hydroxylation is 2. The van der Waals surface area contributed by atoms with Gasteiger partial charge in [0.05, 0.1) is 22.9 Å². The van der Waals surface area contributed by atoms with Crippen molar-refractivity contribution in [3.05, 3.63) is 80.4 Å². The van der Waals surface area contributed by atoms with Gasteiger partial charge in [-0.3, -0.25) is 15.0 Å². The van der Waals surface area contributed by atoms with Crippen molar-refractivity contribution in [3.8, 4) is 5.75 Å². The molecule has 4 rings (SSSR count). The van der Waals surface area contributed by atoms with Crippen LogP contribution in [-0.2, 0) is 7.05 Å². The van der Waals surface area contributed by atoms with Gasteiger partial charge in [0, 0.05) is 23.9 Å². The lowest BCUT2D eigenvalue weighted by Gasteiger charge is -2.09. The Hall–Kier alpha value is -3.87. The Balaban J connectivity index is 1.76. The minimum Gasteiger partial charge on any atom is -0.506 e. The van der Waals surface area contributed by atoms with Crippen LogP contribution in [0.2, 0.25) is 0 Å². The topological polar surface area (TPSA) is 99.5 Å². The SMILES string of the molecule is Cc1cccc2c(O)c(/C=N/Nc3cc(=O)n(C)c4ccccc34)c(=O)[nH]c12. The maximum Gasteiger partial charge on any atom is 0.261 e. The minimum absolute atomic E-state index is 0.0405. The molecule has 0 unspecified atom stereocenters. The molecule has 140 valence electrons. The maximum atomic E-state index is 12.4. The van der Waals surface area contributed by atoms with E-state index in [4.69, 9.17) is 0 Å². The number of nitrogens with zero attached hydrogens (tertiary/aromatic N) is 2. The molecule has 0 saturated heterocycles. The van der Waals surface area contributed by atoms with Crippen LogP contribution in [0.5, 0.6) is 5.75 Å². The highest BCUT2D eigenvalue weighted by molar-refractivity contribution is 5.96. The van der Waals surface area contributed by atoms with E-state index in [0.29, 0.717) is 16.6 Å². The van der Waals surface area contributed by atoms with E-state index in [9.17, 15) is 14.7 Å². The Bertz CT molecular complexity index is 1370. The zero-order chi connectivity index (χ0) is 19.8. The van der Waals surface area contributed by atoms with Gasteiger partial charge in [0.15, 0.2) is 0 Å². The van der Waals surface area contributed by atoms with E-state index in [2.05, 4.69) is 15.5 Å². The highest BCUT2D eigenvalue weighted by atomic mass is 16.3. The van der Waals surface area contributed by atoms with Crippen LogP contribution >= 0.6 is 0 Å². The largest absolute Gasteiger partial charge is 0.506 e. The number of aromatic nitrogens is 2. The Morgan fingerprint density at radius 2 is 1.86 bits per heavy atom. The van der Waals surface area contributed by atoms with E-state index in [-0.39, 0.29) is 16.9 Å². The van der Waals surface area contributed by atoms with Gasteiger partial charge in [-0.05, 0) is 24.6 Å². The number of anilines is 1. The zero-order valence-corrected chi connectivity index (χ0v) is 15.4. The number of pyridine rings is 2. The van der Waals surface area contributed by atoms with E-state index in [0.717, 1.165) is 16.5 Å². The Kier molecular flexibility index (Phi) is 4.19. The molecule has 0 aliphatic heterocycles. The molecule has 0 amide bonds. The fraction of sp³-hybridized carbons (Fsp3) is 0.0952. The van der Waals surface area contributed by atoms with Gasteiger partial charge in [0.1, 0.15) is 11.3 Å². The van der Waals surface area contributed by atoms with Gasteiger partial charge in [-0.15, -0.1) is 0 Å². The highest BCUT2D eigenvalue weighted by Gasteiger charge is 2.11. The van der Waals surface area contributed by atoms with Gasteiger partial charge in [-0.1, -0.05) is 30.3 Å². The summed E-state index contributed by atoms with van der Waals surface area (Å²) in [5.74, 6) is -0.137. The number of H-pyrrole nitrogens is 1. The number of fused-ring (bicyclic) bond motifs is 2. The Morgan fingerprint density at radius 1 is 1.11 bits per heavy atom. The lowest BCUT2D eigenvalue weighted by molar-refractivity contribution is 0.479. The number of aromatic amines is 1. The normalized spacial score (nSPS) is 11.5. The molecule has 0 aliphatic rings. The summed E-state index contributed by atoms with van der Waals surface area (Å²) in [4.78, 5) is 27.3. The molecule has 0 radical (unpaired) electrons. The van der Waals surface area contributed by atoms with Gasteiger partial charge < -0.3 is 14.7 Å². The first-order valence-corrected chi connectivity index (χ1v) is 8.70. The van der Waals surface area contributed by atoms with Crippen LogP contribution in [0.3, 0.4) is 0 Å². The summed E-state index contributed by atoms with van der Waals surface area (Å²) in [6.45, 7) is 1.86. The van der Waals surface area contributed by atoms with Crippen LogP contribution in [0.1, 0.15) is 11.1 Å². The van der Waals surface area contributed by atoms with Gasteiger partial charge >= 0.3 is 0 Å². The number of hydrogen-bond acceptors (Lipinski definition) is 5. The second-order valence-corrected chi connectivity index (χ2v) is 6.56. The first kappa shape index (κ1) is 17.5. The molecular formula is C21H18N4O3. The third kappa shape index (κ3) is 2.83. The molecule has 0 spiro atoms. The lowest BCUT2D eigenvalue weighted by atomic mass is 10.1. The van der Waals surface area contributed by atoms with Crippen molar-refractivity contribution in [2.45, 2.75) is 6.92 Å². The summed E-state index contributed by atoms with van der Waals surface area (Å²) >= 11 is 0. The summed E-state index contributed by atoms with van der Waals surface area (Å²) in [6.07, 6.45) is 1.25. The molecule has 3 N–H and O–H groups in total. The molecule has 4 aromatic rings. The van der Waals surface area contributed by atoms with Gasteiger partial charge in [0.25, 0.3) is 11.1 Å². The van der Waals surface area contributed by atoms with Gasteiger partial charge in [-0.2, -0.15) is 5.10 Å². The van der Waals surface area contributed by atoms with E-state index >= 15 is 0 Å². The lowest BCUT2D eigenvalue weighted by Crippen LogP contribution is -2.17.